The molecule has 0 fully saturated rings. The van der Waals surface area contributed by atoms with Crippen LogP contribution in [0.4, 0.5) is 33.3 Å². The lowest BCUT2D eigenvalue weighted by molar-refractivity contribution is -0.137. The number of carbonyl (C=O) groups is 2. The molecule has 2 aromatic rings. The van der Waals surface area contributed by atoms with Crippen LogP contribution in [0.5, 0.6) is 0 Å². The number of hydrogen-bond acceptors (Lipinski definition) is 2. The Bertz CT molecular complexity index is 839. The molecule has 0 heterocycles. The zero-order valence-corrected chi connectivity index (χ0v) is 12.8. The highest BCUT2D eigenvalue weighted by Gasteiger charge is 2.34. The molecular weight excluding hydrogens is 371 g/mol. The summed E-state index contributed by atoms with van der Waals surface area (Å²) in [5, 5.41) is 3.29. The predicted octanol–water partition coefficient (Wildman–Crippen LogP) is 4.21. The molecule has 0 aliphatic rings. The first-order valence-corrected chi connectivity index (χ1v) is 6.90. The van der Waals surface area contributed by atoms with Crippen molar-refractivity contribution in [1.82, 2.24) is 0 Å². The van der Waals surface area contributed by atoms with Gasteiger partial charge in [-0.25, -0.2) is 8.78 Å². The number of amides is 2. The molecule has 132 valence electrons. The van der Waals surface area contributed by atoms with E-state index in [1.807, 2.05) is 0 Å². The van der Waals surface area contributed by atoms with Crippen LogP contribution in [0, 0.1) is 11.6 Å². The summed E-state index contributed by atoms with van der Waals surface area (Å²) in [7, 11) is 0. The molecular formula is C15H8ClF5N2O2. The van der Waals surface area contributed by atoms with Crippen molar-refractivity contribution in [3.63, 3.8) is 0 Å². The normalized spacial score (nSPS) is 11.1. The number of hydrogen-bond donors (Lipinski definition) is 2. The van der Waals surface area contributed by atoms with Crippen molar-refractivity contribution in [3.05, 3.63) is 58.6 Å². The van der Waals surface area contributed by atoms with Gasteiger partial charge in [-0.1, -0.05) is 11.6 Å². The molecule has 0 aliphatic heterocycles. The van der Waals surface area contributed by atoms with Crippen LogP contribution >= 0.6 is 11.6 Å². The summed E-state index contributed by atoms with van der Waals surface area (Å²) in [5.41, 5.74) is -2.61. The SMILES string of the molecule is O=C(Nc1cc(F)ccc1F)C(=O)Nc1ccc(Cl)cc1C(F)(F)F. The van der Waals surface area contributed by atoms with E-state index in [4.69, 9.17) is 11.6 Å². The zero-order valence-electron chi connectivity index (χ0n) is 12.0. The van der Waals surface area contributed by atoms with Gasteiger partial charge in [0.1, 0.15) is 11.6 Å². The van der Waals surface area contributed by atoms with Crippen LogP contribution in [0.25, 0.3) is 0 Å². The maximum Gasteiger partial charge on any atom is 0.418 e. The van der Waals surface area contributed by atoms with E-state index >= 15 is 0 Å². The first-order valence-electron chi connectivity index (χ1n) is 6.52. The van der Waals surface area contributed by atoms with E-state index in [9.17, 15) is 31.5 Å². The minimum Gasteiger partial charge on any atom is -0.317 e. The lowest BCUT2D eigenvalue weighted by atomic mass is 10.1. The fourth-order valence-electron chi connectivity index (χ4n) is 1.81. The lowest BCUT2D eigenvalue weighted by Gasteiger charge is -2.14. The van der Waals surface area contributed by atoms with Crippen LogP contribution in [0.3, 0.4) is 0 Å². The molecule has 2 rings (SSSR count). The van der Waals surface area contributed by atoms with E-state index in [-0.39, 0.29) is 5.02 Å². The van der Waals surface area contributed by atoms with Crippen molar-refractivity contribution in [2.45, 2.75) is 6.18 Å². The van der Waals surface area contributed by atoms with Crippen molar-refractivity contribution in [2.75, 3.05) is 10.6 Å². The van der Waals surface area contributed by atoms with Gasteiger partial charge in [0, 0.05) is 11.1 Å². The summed E-state index contributed by atoms with van der Waals surface area (Å²) >= 11 is 5.49. The molecule has 0 radical (unpaired) electrons. The maximum atomic E-state index is 13.4. The van der Waals surface area contributed by atoms with Gasteiger partial charge in [-0.05, 0) is 30.3 Å². The van der Waals surface area contributed by atoms with Crippen molar-refractivity contribution in [2.24, 2.45) is 0 Å². The second-order valence-corrected chi connectivity index (χ2v) is 5.16. The van der Waals surface area contributed by atoms with Crippen LogP contribution in [-0.4, -0.2) is 11.8 Å². The molecule has 0 atom stereocenters. The van der Waals surface area contributed by atoms with Gasteiger partial charge in [-0.2, -0.15) is 13.2 Å². The highest BCUT2D eigenvalue weighted by atomic mass is 35.5. The number of halogens is 6. The van der Waals surface area contributed by atoms with Crippen molar-refractivity contribution < 1.29 is 31.5 Å². The van der Waals surface area contributed by atoms with E-state index in [1.54, 1.807) is 10.6 Å². The lowest BCUT2D eigenvalue weighted by Crippen LogP contribution is -2.30. The molecule has 0 saturated carbocycles. The van der Waals surface area contributed by atoms with Gasteiger partial charge in [0.15, 0.2) is 0 Å². The standard InChI is InChI=1S/C15H8ClF5N2O2/c16-7-1-4-11(9(5-7)15(19,20)21)22-13(24)14(25)23-12-6-8(17)2-3-10(12)18/h1-6H,(H,22,24)(H,23,25). The van der Waals surface area contributed by atoms with Gasteiger partial charge < -0.3 is 10.6 Å². The van der Waals surface area contributed by atoms with Crippen molar-refractivity contribution in [1.29, 1.82) is 0 Å². The Morgan fingerprint density at radius 2 is 1.48 bits per heavy atom. The summed E-state index contributed by atoms with van der Waals surface area (Å²) in [6, 6.07) is 4.62. The van der Waals surface area contributed by atoms with Gasteiger partial charge in [0.25, 0.3) is 0 Å². The Hall–Kier alpha value is -2.68. The molecule has 2 amide bonds. The smallest absolute Gasteiger partial charge is 0.317 e. The Morgan fingerprint density at radius 3 is 2.08 bits per heavy atom. The predicted molar refractivity (Wildman–Crippen MR) is 80.1 cm³/mol. The van der Waals surface area contributed by atoms with Crippen LogP contribution < -0.4 is 10.6 Å². The summed E-state index contributed by atoms with van der Waals surface area (Å²) in [4.78, 5) is 23.4. The summed E-state index contributed by atoms with van der Waals surface area (Å²) in [5.74, 6) is -4.89. The molecule has 0 bridgehead atoms. The number of rotatable bonds is 2. The summed E-state index contributed by atoms with van der Waals surface area (Å²) in [6.45, 7) is 0. The number of alkyl halides is 3. The van der Waals surface area contributed by atoms with Gasteiger partial charge in [-0.3, -0.25) is 9.59 Å². The molecule has 0 aromatic heterocycles. The second kappa shape index (κ2) is 7.06. The number of nitrogens with one attached hydrogen (secondary N) is 2. The molecule has 4 nitrogen and oxygen atoms in total. The maximum absolute atomic E-state index is 13.4. The van der Waals surface area contributed by atoms with Gasteiger partial charge >= 0.3 is 18.0 Å². The van der Waals surface area contributed by atoms with Crippen LogP contribution in [0.2, 0.25) is 5.02 Å². The first kappa shape index (κ1) is 18.7. The largest absolute Gasteiger partial charge is 0.418 e. The van der Waals surface area contributed by atoms with E-state index < -0.39 is 46.6 Å². The third-order valence-corrected chi connectivity index (χ3v) is 3.15. The van der Waals surface area contributed by atoms with Gasteiger partial charge in [0.2, 0.25) is 0 Å². The minimum atomic E-state index is -4.83. The van der Waals surface area contributed by atoms with Gasteiger partial charge in [0.05, 0.1) is 16.9 Å². The number of benzene rings is 2. The van der Waals surface area contributed by atoms with E-state index in [0.29, 0.717) is 18.2 Å². The van der Waals surface area contributed by atoms with E-state index in [0.717, 1.165) is 18.2 Å². The van der Waals surface area contributed by atoms with E-state index in [2.05, 4.69) is 0 Å². The Kier molecular flexibility index (Phi) is 5.27. The molecule has 2 N–H and O–H groups in total. The fourth-order valence-corrected chi connectivity index (χ4v) is 1.98. The fraction of sp³-hybridized carbons (Fsp3) is 0.0667. The highest BCUT2D eigenvalue weighted by molar-refractivity contribution is 6.43. The quantitative estimate of drug-likeness (QED) is 0.607. The molecule has 25 heavy (non-hydrogen) atoms. The summed E-state index contributed by atoms with van der Waals surface area (Å²) < 4.78 is 65.2. The Balaban J connectivity index is 2.20. The first-order chi connectivity index (χ1) is 11.6. The molecule has 2 aromatic carbocycles. The average molecular weight is 379 g/mol. The molecule has 10 heteroatoms. The van der Waals surface area contributed by atoms with Crippen molar-refractivity contribution in [3.8, 4) is 0 Å². The monoisotopic (exact) mass is 378 g/mol. The van der Waals surface area contributed by atoms with E-state index in [1.165, 1.54) is 0 Å². The third kappa shape index (κ3) is 4.66. The topological polar surface area (TPSA) is 58.2 Å². The zero-order chi connectivity index (χ0) is 18.8. The molecule has 0 aliphatic carbocycles. The highest BCUT2D eigenvalue weighted by Crippen LogP contribution is 2.36. The van der Waals surface area contributed by atoms with Crippen LogP contribution in [0.15, 0.2) is 36.4 Å². The Labute approximate surface area is 142 Å². The molecule has 0 saturated heterocycles. The second-order valence-electron chi connectivity index (χ2n) is 4.72. The average Bonchev–Trinajstić information content (AvgIpc) is 2.51. The number of anilines is 2. The third-order valence-electron chi connectivity index (χ3n) is 2.92. The molecule has 0 unspecified atom stereocenters. The van der Waals surface area contributed by atoms with Crippen LogP contribution in [0.1, 0.15) is 5.56 Å². The minimum absolute atomic E-state index is 0.225. The molecule has 0 spiro atoms. The Morgan fingerprint density at radius 1 is 0.880 bits per heavy atom. The summed E-state index contributed by atoms with van der Waals surface area (Å²) in [6.07, 6.45) is -4.83. The van der Waals surface area contributed by atoms with Crippen LogP contribution in [-0.2, 0) is 15.8 Å². The van der Waals surface area contributed by atoms with Crippen molar-refractivity contribution >= 4 is 34.8 Å². The van der Waals surface area contributed by atoms with Gasteiger partial charge in [-0.15, -0.1) is 0 Å². The number of carbonyl (C=O) groups excluding carboxylic acids is 2.